The molecule has 1 fully saturated rings. The van der Waals surface area contributed by atoms with Crippen molar-refractivity contribution in [1.29, 1.82) is 0 Å². The average Bonchev–Trinajstić information content (AvgIpc) is 3.05. The number of carbonyl (C=O) groups is 2. The smallest absolute Gasteiger partial charge is 0.300 e. The van der Waals surface area contributed by atoms with Crippen molar-refractivity contribution in [1.82, 2.24) is 4.98 Å². The zero-order chi connectivity index (χ0) is 22.0. The summed E-state index contributed by atoms with van der Waals surface area (Å²) >= 11 is 0. The summed E-state index contributed by atoms with van der Waals surface area (Å²) in [6, 6.07) is 18.6. The number of benzene rings is 2. The molecule has 1 aromatic heterocycles. The van der Waals surface area contributed by atoms with Crippen LogP contribution in [0.3, 0.4) is 0 Å². The molecule has 0 spiro atoms. The van der Waals surface area contributed by atoms with Crippen molar-refractivity contribution in [2.24, 2.45) is 0 Å². The Morgan fingerprint density at radius 3 is 2.39 bits per heavy atom. The Hall–Kier alpha value is -3.93. The lowest BCUT2D eigenvalue weighted by atomic mass is 9.95. The lowest BCUT2D eigenvalue weighted by molar-refractivity contribution is -0.132. The third kappa shape index (κ3) is 3.92. The van der Waals surface area contributed by atoms with Crippen LogP contribution in [0.25, 0.3) is 5.76 Å². The zero-order valence-electron chi connectivity index (χ0n) is 17.2. The van der Waals surface area contributed by atoms with E-state index in [1.165, 1.54) is 17.3 Å². The number of aliphatic hydroxyl groups excluding tert-OH is 1. The molecule has 2 heterocycles. The molecule has 6 nitrogen and oxygen atoms in total. The summed E-state index contributed by atoms with van der Waals surface area (Å²) in [6.07, 6.45) is 3.01. The van der Waals surface area contributed by atoms with E-state index in [-0.39, 0.29) is 17.4 Å². The molecule has 1 saturated heterocycles. The van der Waals surface area contributed by atoms with Gasteiger partial charge >= 0.3 is 0 Å². The van der Waals surface area contributed by atoms with Crippen LogP contribution in [0.15, 0.2) is 84.7 Å². The fourth-order valence-corrected chi connectivity index (χ4v) is 3.70. The lowest BCUT2D eigenvalue weighted by Gasteiger charge is -2.26. The first-order valence-corrected chi connectivity index (χ1v) is 10.0. The quantitative estimate of drug-likeness (QED) is 0.378. The molecule has 0 aliphatic carbocycles. The van der Waals surface area contributed by atoms with E-state index in [0.717, 1.165) is 0 Å². The van der Waals surface area contributed by atoms with Crippen LogP contribution in [-0.2, 0) is 9.59 Å². The fraction of sp³-hybridized carbons (Fsp3) is 0.160. The number of ether oxygens (including phenoxy) is 1. The van der Waals surface area contributed by atoms with Crippen LogP contribution < -0.4 is 9.64 Å². The third-order valence-electron chi connectivity index (χ3n) is 4.98. The van der Waals surface area contributed by atoms with Gasteiger partial charge in [0.1, 0.15) is 11.5 Å². The highest BCUT2D eigenvalue weighted by atomic mass is 16.5. The SMILES string of the molecule is CC(C)Oc1cccc(C2/C(=C(/O)c3ccncc3)C(=O)C(=O)N2c2ccccc2)c1. The van der Waals surface area contributed by atoms with Gasteiger partial charge in [-0.1, -0.05) is 30.3 Å². The van der Waals surface area contributed by atoms with Crippen LogP contribution >= 0.6 is 0 Å². The summed E-state index contributed by atoms with van der Waals surface area (Å²) < 4.78 is 5.81. The highest BCUT2D eigenvalue weighted by Gasteiger charge is 2.47. The van der Waals surface area contributed by atoms with Gasteiger partial charge in [-0.3, -0.25) is 19.5 Å². The van der Waals surface area contributed by atoms with Crippen LogP contribution in [-0.4, -0.2) is 27.9 Å². The number of Topliss-reactive ketones (excluding diaryl/α,β-unsaturated/α-hetero) is 1. The van der Waals surface area contributed by atoms with Gasteiger partial charge in [0.15, 0.2) is 0 Å². The molecular formula is C25H22N2O4. The number of nitrogens with zero attached hydrogens (tertiary/aromatic N) is 2. The first-order chi connectivity index (χ1) is 15.0. The molecule has 31 heavy (non-hydrogen) atoms. The number of ketones is 1. The molecule has 4 rings (SSSR count). The van der Waals surface area contributed by atoms with E-state index in [1.807, 2.05) is 38.1 Å². The minimum Gasteiger partial charge on any atom is -0.507 e. The van der Waals surface area contributed by atoms with E-state index < -0.39 is 17.7 Å². The van der Waals surface area contributed by atoms with Gasteiger partial charge in [0, 0.05) is 23.6 Å². The van der Waals surface area contributed by atoms with E-state index in [2.05, 4.69) is 4.98 Å². The van der Waals surface area contributed by atoms with Gasteiger partial charge in [0.25, 0.3) is 11.7 Å². The van der Waals surface area contributed by atoms with Crippen LogP contribution in [0.1, 0.15) is 31.0 Å². The number of amides is 1. The molecular weight excluding hydrogens is 392 g/mol. The maximum absolute atomic E-state index is 13.1. The molecule has 156 valence electrons. The van der Waals surface area contributed by atoms with Gasteiger partial charge in [-0.25, -0.2) is 0 Å². The zero-order valence-corrected chi connectivity index (χ0v) is 17.2. The van der Waals surface area contributed by atoms with E-state index in [9.17, 15) is 14.7 Å². The molecule has 1 atom stereocenters. The summed E-state index contributed by atoms with van der Waals surface area (Å²) in [6.45, 7) is 3.85. The van der Waals surface area contributed by atoms with Gasteiger partial charge in [0.05, 0.1) is 17.7 Å². The Balaban J connectivity index is 1.92. The number of carbonyl (C=O) groups excluding carboxylic acids is 2. The van der Waals surface area contributed by atoms with Crippen molar-refractivity contribution in [3.05, 3.63) is 95.8 Å². The van der Waals surface area contributed by atoms with E-state index in [0.29, 0.717) is 22.6 Å². The standard InChI is InChI=1S/C25H22N2O4/c1-16(2)31-20-10-6-7-18(15-20)22-21(23(28)17-11-13-26-14-12-17)24(29)25(30)27(22)19-8-4-3-5-9-19/h3-16,22,28H,1-2H3/b23-21-. The molecule has 1 amide bonds. The third-order valence-corrected chi connectivity index (χ3v) is 4.98. The summed E-state index contributed by atoms with van der Waals surface area (Å²) in [7, 11) is 0. The molecule has 2 aromatic carbocycles. The Bertz CT molecular complexity index is 1140. The summed E-state index contributed by atoms with van der Waals surface area (Å²) in [5.41, 5.74) is 1.68. The molecule has 0 saturated carbocycles. The molecule has 1 aliphatic rings. The number of aliphatic hydroxyl groups is 1. The van der Waals surface area contributed by atoms with Crippen LogP contribution in [0.4, 0.5) is 5.69 Å². The normalized spacial score (nSPS) is 17.9. The summed E-state index contributed by atoms with van der Waals surface area (Å²) in [4.78, 5) is 31.6. The first-order valence-electron chi connectivity index (χ1n) is 10.0. The Kier molecular flexibility index (Phi) is 5.54. The maximum atomic E-state index is 13.1. The second kappa shape index (κ2) is 8.44. The number of rotatable bonds is 5. The van der Waals surface area contributed by atoms with Crippen LogP contribution in [0.5, 0.6) is 5.75 Å². The van der Waals surface area contributed by atoms with Gasteiger partial charge in [-0.2, -0.15) is 0 Å². The number of aromatic nitrogens is 1. The Morgan fingerprint density at radius 1 is 1.00 bits per heavy atom. The van der Waals surface area contributed by atoms with Crippen molar-refractivity contribution in [2.45, 2.75) is 26.0 Å². The van der Waals surface area contributed by atoms with Gasteiger partial charge in [-0.05, 0) is 55.8 Å². The lowest BCUT2D eigenvalue weighted by Crippen LogP contribution is -2.29. The molecule has 1 unspecified atom stereocenters. The minimum absolute atomic E-state index is 0.0294. The number of para-hydroxylation sites is 1. The highest BCUT2D eigenvalue weighted by molar-refractivity contribution is 6.51. The average molecular weight is 414 g/mol. The van der Waals surface area contributed by atoms with E-state index >= 15 is 0 Å². The van der Waals surface area contributed by atoms with Crippen molar-refractivity contribution in [3.8, 4) is 5.75 Å². The van der Waals surface area contributed by atoms with E-state index in [4.69, 9.17) is 4.74 Å². The summed E-state index contributed by atoms with van der Waals surface area (Å²) in [5, 5.41) is 11.0. The fourth-order valence-electron chi connectivity index (χ4n) is 3.70. The molecule has 6 heteroatoms. The minimum atomic E-state index is -0.800. The molecule has 1 N–H and O–H groups in total. The van der Waals surface area contributed by atoms with Crippen LogP contribution in [0.2, 0.25) is 0 Å². The van der Waals surface area contributed by atoms with Gasteiger partial charge in [-0.15, -0.1) is 0 Å². The maximum Gasteiger partial charge on any atom is 0.300 e. The monoisotopic (exact) mass is 414 g/mol. The van der Waals surface area contributed by atoms with E-state index in [1.54, 1.807) is 42.5 Å². The predicted molar refractivity (Wildman–Crippen MR) is 118 cm³/mol. The molecule has 1 aliphatic heterocycles. The topological polar surface area (TPSA) is 79.7 Å². The second-order valence-electron chi connectivity index (χ2n) is 7.48. The largest absolute Gasteiger partial charge is 0.507 e. The molecule has 3 aromatic rings. The second-order valence-corrected chi connectivity index (χ2v) is 7.48. The number of pyridine rings is 1. The first kappa shape index (κ1) is 20.3. The Morgan fingerprint density at radius 2 is 1.71 bits per heavy atom. The summed E-state index contributed by atoms with van der Waals surface area (Å²) in [5.74, 6) is -1.05. The predicted octanol–water partition coefficient (Wildman–Crippen LogP) is 4.50. The van der Waals surface area contributed by atoms with Crippen molar-refractivity contribution >= 4 is 23.1 Å². The molecule has 0 bridgehead atoms. The molecule has 0 radical (unpaired) electrons. The van der Waals surface area contributed by atoms with Gasteiger partial charge in [0.2, 0.25) is 0 Å². The van der Waals surface area contributed by atoms with Gasteiger partial charge < -0.3 is 9.84 Å². The number of hydrogen-bond acceptors (Lipinski definition) is 5. The number of anilines is 1. The van der Waals surface area contributed by atoms with Crippen molar-refractivity contribution in [3.63, 3.8) is 0 Å². The van der Waals surface area contributed by atoms with Crippen molar-refractivity contribution < 1.29 is 19.4 Å². The highest BCUT2D eigenvalue weighted by Crippen LogP contribution is 2.42. The number of hydrogen-bond donors (Lipinski definition) is 1. The van der Waals surface area contributed by atoms with Crippen LogP contribution in [0, 0.1) is 0 Å². The Labute approximate surface area is 180 Å². The van der Waals surface area contributed by atoms with Crippen molar-refractivity contribution in [2.75, 3.05) is 4.90 Å².